The molecule has 0 spiro atoms. The lowest BCUT2D eigenvalue weighted by Gasteiger charge is -2.20. The number of carbonyl (C=O) groups is 1. The van der Waals surface area contributed by atoms with Crippen LogP contribution in [0.5, 0.6) is 0 Å². The summed E-state index contributed by atoms with van der Waals surface area (Å²) in [5.41, 5.74) is 1.24. The van der Waals surface area contributed by atoms with Crippen molar-refractivity contribution in [2.75, 3.05) is 13.2 Å². The van der Waals surface area contributed by atoms with Crippen LogP contribution >= 0.6 is 11.6 Å². The van der Waals surface area contributed by atoms with Gasteiger partial charge in [-0.25, -0.2) is 0 Å². The van der Waals surface area contributed by atoms with E-state index in [-0.39, 0.29) is 23.7 Å². The van der Waals surface area contributed by atoms with Crippen molar-refractivity contribution in [2.45, 2.75) is 26.7 Å². The molecule has 0 saturated heterocycles. The van der Waals surface area contributed by atoms with Gasteiger partial charge in [-0.2, -0.15) is 0 Å². The first-order valence-electron chi connectivity index (χ1n) is 7.53. The van der Waals surface area contributed by atoms with E-state index in [1.807, 2.05) is 26.0 Å². The zero-order chi connectivity index (χ0) is 16.9. The molecule has 2 rings (SSSR count). The highest BCUT2D eigenvalue weighted by atomic mass is 35.5. The summed E-state index contributed by atoms with van der Waals surface area (Å²) in [6.45, 7) is 4.63. The van der Waals surface area contributed by atoms with E-state index in [0.717, 1.165) is 18.4 Å². The summed E-state index contributed by atoms with van der Waals surface area (Å²) in [6, 6.07) is 8.79. The summed E-state index contributed by atoms with van der Waals surface area (Å²) in [7, 11) is 0. The highest BCUT2D eigenvalue weighted by Crippen LogP contribution is 2.23. The molecule has 5 nitrogen and oxygen atoms in total. The molecule has 1 aromatic heterocycles. The van der Waals surface area contributed by atoms with Gasteiger partial charge in [0.25, 0.3) is 5.91 Å². The molecule has 0 fully saturated rings. The van der Waals surface area contributed by atoms with Gasteiger partial charge in [-0.1, -0.05) is 42.7 Å². The molecular weight excluding hydrogens is 316 g/mol. The lowest BCUT2D eigenvalue weighted by molar-refractivity contribution is 0.0912. The van der Waals surface area contributed by atoms with Crippen molar-refractivity contribution in [3.8, 4) is 11.3 Å². The Bertz CT molecular complexity index is 667. The molecular formula is C17H21ClN2O3. The summed E-state index contributed by atoms with van der Waals surface area (Å²) in [5, 5.41) is 16.5. The Morgan fingerprint density at radius 2 is 2.17 bits per heavy atom. The monoisotopic (exact) mass is 336 g/mol. The maximum Gasteiger partial charge on any atom is 0.289 e. The quantitative estimate of drug-likeness (QED) is 0.758. The number of hydrogen-bond donors (Lipinski definition) is 2. The normalized spacial score (nSPS) is 11.5. The third-order valence-corrected chi connectivity index (χ3v) is 3.83. The minimum atomic E-state index is -0.299. The molecule has 0 saturated carbocycles. The Balaban J connectivity index is 1.89. The van der Waals surface area contributed by atoms with Crippen molar-refractivity contribution in [2.24, 2.45) is 5.41 Å². The molecule has 1 aromatic carbocycles. The van der Waals surface area contributed by atoms with Gasteiger partial charge >= 0.3 is 0 Å². The fraction of sp³-hybridized carbons (Fsp3) is 0.412. The van der Waals surface area contributed by atoms with Gasteiger partial charge in [-0.3, -0.25) is 4.79 Å². The average Bonchev–Trinajstić information content (AvgIpc) is 3.01. The minimum Gasteiger partial charge on any atom is -0.396 e. The Hall–Kier alpha value is -1.85. The molecule has 0 aliphatic rings. The number of aliphatic hydroxyl groups excluding tert-OH is 1. The van der Waals surface area contributed by atoms with Gasteiger partial charge in [0.15, 0.2) is 0 Å². The second-order valence-corrected chi connectivity index (χ2v) is 6.70. The van der Waals surface area contributed by atoms with Gasteiger partial charge < -0.3 is 14.9 Å². The average molecular weight is 337 g/mol. The second-order valence-electron chi connectivity index (χ2n) is 6.27. The van der Waals surface area contributed by atoms with Gasteiger partial charge in [0, 0.05) is 29.8 Å². The van der Waals surface area contributed by atoms with E-state index in [9.17, 15) is 9.90 Å². The summed E-state index contributed by atoms with van der Waals surface area (Å²) in [5.74, 6) is -0.131. The molecule has 0 radical (unpaired) electrons. The van der Waals surface area contributed by atoms with Gasteiger partial charge in [0.1, 0.15) is 5.69 Å². The van der Waals surface area contributed by atoms with Crippen LogP contribution in [-0.2, 0) is 0 Å². The summed E-state index contributed by atoms with van der Waals surface area (Å²) in [4.78, 5) is 12.0. The smallest absolute Gasteiger partial charge is 0.289 e. The van der Waals surface area contributed by atoms with Crippen LogP contribution in [-0.4, -0.2) is 29.3 Å². The number of nitrogens with one attached hydrogen (secondary N) is 1. The first-order chi connectivity index (χ1) is 10.9. The van der Waals surface area contributed by atoms with Crippen molar-refractivity contribution in [1.29, 1.82) is 0 Å². The lowest BCUT2D eigenvalue weighted by Crippen LogP contribution is -2.26. The number of halogens is 1. The summed E-state index contributed by atoms with van der Waals surface area (Å²) < 4.78 is 5.09. The molecule has 0 bridgehead atoms. The van der Waals surface area contributed by atoms with Crippen LogP contribution in [0, 0.1) is 5.41 Å². The number of carbonyl (C=O) groups excluding carboxylic acids is 1. The van der Waals surface area contributed by atoms with Crippen LogP contribution in [0.4, 0.5) is 0 Å². The molecule has 23 heavy (non-hydrogen) atoms. The third-order valence-electron chi connectivity index (χ3n) is 3.60. The lowest BCUT2D eigenvalue weighted by atomic mass is 9.89. The molecule has 1 heterocycles. The highest BCUT2D eigenvalue weighted by Gasteiger charge is 2.17. The van der Waals surface area contributed by atoms with Crippen LogP contribution in [0.2, 0.25) is 5.02 Å². The van der Waals surface area contributed by atoms with Crippen LogP contribution in [0.15, 0.2) is 34.9 Å². The van der Waals surface area contributed by atoms with E-state index in [4.69, 9.17) is 16.1 Å². The summed E-state index contributed by atoms with van der Waals surface area (Å²) in [6.07, 6.45) is 1.61. The Kier molecular flexibility index (Phi) is 5.80. The second kappa shape index (κ2) is 7.62. The van der Waals surface area contributed by atoms with Crippen LogP contribution in [0.1, 0.15) is 37.2 Å². The van der Waals surface area contributed by atoms with E-state index in [1.165, 1.54) is 0 Å². The first kappa shape index (κ1) is 17.5. The molecule has 2 aromatic rings. The molecule has 0 atom stereocenters. The van der Waals surface area contributed by atoms with Gasteiger partial charge in [0.05, 0.1) is 0 Å². The highest BCUT2D eigenvalue weighted by molar-refractivity contribution is 6.30. The number of hydrogen-bond acceptors (Lipinski definition) is 4. The maximum absolute atomic E-state index is 12.0. The topological polar surface area (TPSA) is 75.4 Å². The van der Waals surface area contributed by atoms with E-state index < -0.39 is 0 Å². The Labute approximate surface area is 140 Å². The van der Waals surface area contributed by atoms with Gasteiger partial charge in [-0.15, -0.1) is 0 Å². The van der Waals surface area contributed by atoms with E-state index in [2.05, 4.69) is 10.5 Å². The number of amides is 1. The zero-order valence-corrected chi connectivity index (χ0v) is 14.1. The van der Waals surface area contributed by atoms with Crippen molar-refractivity contribution >= 4 is 17.5 Å². The van der Waals surface area contributed by atoms with Crippen LogP contribution in [0.25, 0.3) is 11.3 Å². The number of rotatable bonds is 7. The molecule has 1 amide bonds. The maximum atomic E-state index is 12.0. The molecule has 0 aliphatic heterocycles. The molecule has 124 valence electrons. The van der Waals surface area contributed by atoms with Gasteiger partial charge in [-0.05, 0) is 30.4 Å². The van der Waals surface area contributed by atoms with Crippen molar-refractivity contribution in [3.63, 3.8) is 0 Å². The number of nitrogens with zero attached hydrogens (tertiary/aromatic N) is 1. The van der Waals surface area contributed by atoms with E-state index >= 15 is 0 Å². The number of aliphatic hydroxyl groups is 1. The Morgan fingerprint density at radius 3 is 2.87 bits per heavy atom. The first-order valence-corrected chi connectivity index (χ1v) is 7.91. The predicted octanol–water partition coefficient (Wildman–Crippen LogP) is 3.52. The van der Waals surface area contributed by atoms with Crippen molar-refractivity contribution in [3.05, 3.63) is 41.1 Å². The Morgan fingerprint density at radius 1 is 1.39 bits per heavy atom. The minimum absolute atomic E-state index is 0.128. The fourth-order valence-corrected chi connectivity index (χ4v) is 2.29. The number of aromatic nitrogens is 1. The molecule has 0 aliphatic carbocycles. The fourth-order valence-electron chi connectivity index (χ4n) is 2.10. The molecule has 0 unspecified atom stereocenters. The summed E-state index contributed by atoms with van der Waals surface area (Å²) >= 11 is 5.94. The van der Waals surface area contributed by atoms with E-state index in [0.29, 0.717) is 17.3 Å². The van der Waals surface area contributed by atoms with Crippen molar-refractivity contribution < 1.29 is 14.4 Å². The van der Waals surface area contributed by atoms with E-state index in [1.54, 1.807) is 18.2 Å². The van der Waals surface area contributed by atoms with Crippen LogP contribution in [0.3, 0.4) is 0 Å². The van der Waals surface area contributed by atoms with Crippen LogP contribution < -0.4 is 5.32 Å². The van der Waals surface area contributed by atoms with Gasteiger partial charge in [0.2, 0.25) is 5.76 Å². The number of benzene rings is 1. The third kappa shape index (κ3) is 5.08. The molecule has 2 N–H and O–H groups in total. The largest absolute Gasteiger partial charge is 0.396 e. The molecule has 6 heteroatoms. The predicted molar refractivity (Wildman–Crippen MR) is 89.4 cm³/mol. The zero-order valence-electron chi connectivity index (χ0n) is 13.3. The SMILES string of the molecule is CC(C)(CO)CCCNC(=O)c1cc(-c2cccc(Cl)c2)no1. The van der Waals surface area contributed by atoms with Crippen molar-refractivity contribution in [1.82, 2.24) is 10.5 Å². The standard InChI is InChI=1S/C17H21ClN2O3/c1-17(2,11-21)7-4-8-19-16(22)15-10-14(20-23-15)12-5-3-6-13(18)9-12/h3,5-6,9-10,21H,4,7-8,11H2,1-2H3,(H,19,22).